The van der Waals surface area contributed by atoms with Crippen molar-refractivity contribution in [2.45, 2.75) is 6.18 Å². The minimum absolute atomic E-state index is 0.0924. The third kappa shape index (κ3) is 4.99. The first-order valence-electron chi connectivity index (χ1n) is 8.14. The number of nitrogens with one attached hydrogen (secondary N) is 1. The van der Waals surface area contributed by atoms with Crippen LogP contribution in [-0.2, 0) is 11.0 Å². The molecule has 0 unspecified atom stereocenters. The summed E-state index contributed by atoms with van der Waals surface area (Å²) in [6.45, 7) is 0. The number of carbonyl (C=O) groups is 1. The van der Waals surface area contributed by atoms with Gasteiger partial charge in [0.2, 0.25) is 5.75 Å². The van der Waals surface area contributed by atoms with Crippen molar-refractivity contribution in [2.75, 3.05) is 26.6 Å². The van der Waals surface area contributed by atoms with Crippen LogP contribution in [0.5, 0.6) is 17.2 Å². The van der Waals surface area contributed by atoms with Crippen LogP contribution < -0.4 is 19.5 Å². The lowest BCUT2D eigenvalue weighted by Gasteiger charge is -2.14. The number of ether oxygens (including phenoxy) is 3. The van der Waals surface area contributed by atoms with E-state index in [4.69, 9.17) is 14.2 Å². The lowest BCUT2D eigenvalue weighted by Crippen LogP contribution is -2.14. The van der Waals surface area contributed by atoms with Gasteiger partial charge in [0.1, 0.15) is 11.6 Å². The average molecular weight is 406 g/mol. The molecule has 0 bridgehead atoms. The Hall–Kier alpha value is -3.67. The Bertz CT molecular complexity index is 979. The van der Waals surface area contributed by atoms with Gasteiger partial charge in [-0.25, -0.2) is 0 Å². The van der Waals surface area contributed by atoms with Gasteiger partial charge in [-0.05, 0) is 36.4 Å². The molecule has 0 aromatic heterocycles. The number of nitrogens with zero attached hydrogens (tertiary/aromatic N) is 1. The van der Waals surface area contributed by atoms with Crippen LogP contribution in [0.4, 0.5) is 18.9 Å². The van der Waals surface area contributed by atoms with Gasteiger partial charge in [-0.15, -0.1) is 0 Å². The Balaban J connectivity index is 2.38. The minimum atomic E-state index is -4.55. The largest absolute Gasteiger partial charge is 0.493 e. The van der Waals surface area contributed by atoms with Gasteiger partial charge in [0.05, 0.1) is 26.9 Å². The van der Waals surface area contributed by atoms with Crippen molar-refractivity contribution in [3.8, 4) is 23.3 Å². The Kier molecular flexibility index (Phi) is 6.72. The first-order chi connectivity index (χ1) is 13.7. The number of hydrogen-bond acceptors (Lipinski definition) is 5. The van der Waals surface area contributed by atoms with Gasteiger partial charge < -0.3 is 19.5 Å². The zero-order chi connectivity index (χ0) is 21.6. The van der Waals surface area contributed by atoms with Crippen molar-refractivity contribution < 1.29 is 32.2 Å². The average Bonchev–Trinajstić information content (AvgIpc) is 2.70. The summed E-state index contributed by atoms with van der Waals surface area (Å²) in [4.78, 5) is 12.4. The molecule has 0 heterocycles. The third-order valence-electron chi connectivity index (χ3n) is 3.85. The molecule has 0 atom stereocenters. The van der Waals surface area contributed by atoms with Crippen LogP contribution >= 0.6 is 0 Å². The summed E-state index contributed by atoms with van der Waals surface area (Å²) in [5, 5.41) is 11.6. The van der Waals surface area contributed by atoms with Crippen LogP contribution in [0.25, 0.3) is 6.08 Å². The molecule has 0 spiro atoms. The van der Waals surface area contributed by atoms with Gasteiger partial charge in [0, 0.05) is 11.3 Å². The Morgan fingerprint density at radius 3 is 2.31 bits per heavy atom. The molecule has 0 aliphatic heterocycles. The van der Waals surface area contributed by atoms with E-state index >= 15 is 0 Å². The van der Waals surface area contributed by atoms with Gasteiger partial charge in [-0.1, -0.05) is 6.07 Å². The summed E-state index contributed by atoms with van der Waals surface area (Å²) in [6, 6.07) is 8.96. The first kappa shape index (κ1) is 21.6. The summed E-state index contributed by atoms with van der Waals surface area (Å²) in [5.41, 5.74) is -1.00. The predicted octanol–water partition coefficient (Wildman–Crippen LogP) is 4.28. The van der Waals surface area contributed by atoms with E-state index in [-0.39, 0.29) is 22.8 Å². The Morgan fingerprint density at radius 2 is 1.76 bits per heavy atom. The second-order valence-corrected chi connectivity index (χ2v) is 5.63. The van der Waals surface area contributed by atoms with Crippen LogP contribution in [-0.4, -0.2) is 27.2 Å². The highest BCUT2D eigenvalue weighted by Gasteiger charge is 2.30. The molecular formula is C20H17F3N2O4. The molecule has 0 aliphatic carbocycles. The second kappa shape index (κ2) is 9.01. The zero-order valence-electron chi connectivity index (χ0n) is 15.8. The van der Waals surface area contributed by atoms with Gasteiger partial charge >= 0.3 is 6.18 Å². The highest BCUT2D eigenvalue weighted by atomic mass is 19.4. The first-order valence-corrected chi connectivity index (χ1v) is 8.14. The summed E-state index contributed by atoms with van der Waals surface area (Å²) >= 11 is 0. The number of amides is 1. The van der Waals surface area contributed by atoms with Gasteiger partial charge in [0.25, 0.3) is 5.91 Å². The molecule has 0 saturated heterocycles. The van der Waals surface area contributed by atoms with Crippen molar-refractivity contribution in [3.63, 3.8) is 0 Å². The molecule has 2 rings (SSSR count). The van der Waals surface area contributed by atoms with Crippen molar-refractivity contribution in [1.82, 2.24) is 0 Å². The molecule has 29 heavy (non-hydrogen) atoms. The maximum absolute atomic E-state index is 12.8. The monoisotopic (exact) mass is 406 g/mol. The van der Waals surface area contributed by atoms with Crippen LogP contribution in [0.15, 0.2) is 42.0 Å². The fourth-order valence-electron chi connectivity index (χ4n) is 2.51. The lowest BCUT2D eigenvalue weighted by atomic mass is 10.1. The Labute approximate surface area is 165 Å². The molecule has 6 nitrogen and oxygen atoms in total. The SMILES string of the molecule is COc1ccc(/C=C(/C#N)C(=O)Nc2cccc(C(F)(F)F)c2)c(OC)c1OC. The predicted molar refractivity (Wildman–Crippen MR) is 99.8 cm³/mol. The third-order valence-corrected chi connectivity index (χ3v) is 3.85. The van der Waals surface area contributed by atoms with Crippen molar-refractivity contribution in [1.29, 1.82) is 5.26 Å². The standard InChI is InChI=1S/C20H17F3N2O4/c1-27-16-8-7-12(17(28-2)18(16)29-3)9-13(11-24)19(26)25-15-6-4-5-14(10-15)20(21,22)23/h4-10H,1-3H3,(H,25,26)/b13-9-. The molecule has 1 amide bonds. The summed E-state index contributed by atoms with van der Waals surface area (Å²) in [5.74, 6) is 0.00267. The smallest absolute Gasteiger partial charge is 0.416 e. The van der Waals surface area contributed by atoms with Gasteiger partial charge in [0.15, 0.2) is 11.5 Å². The van der Waals surface area contributed by atoms with E-state index in [0.717, 1.165) is 18.2 Å². The van der Waals surface area contributed by atoms with Crippen molar-refractivity contribution >= 4 is 17.7 Å². The Morgan fingerprint density at radius 1 is 1.07 bits per heavy atom. The maximum atomic E-state index is 12.8. The molecular weight excluding hydrogens is 389 g/mol. The van der Waals surface area contributed by atoms with Crippen molar-refractivity contribution in [3.05, 3.63) is 53.1 Å². The highest BCUT2D eigenvalue weighted by molar-refractivity contribution is 6.10. The fraction of sp³-hybridized carbons (Fsp3) is 0.200. The lowest BCUT2D eigenvalue weighted by molar-refractivity contribution is -0.137. The van der Waals surface area contributed by atoms with E-state index in [9.17, 15) is 23.2 Å². The van der Waals surface area contributed by atoms with E-state index < -0.39 is 17.6 Å². The molecule has 1 N–H and O–H groups in total. The molecule has 9 heteroatoms. The summed E-state index contributed by atoms with van der Waals surface area (Å²) in [7, 11) is 4.22. The topological polar surface area (TPSA) is 80.6 Å². The molecule has 2 aromatic rings. The quantitative estimate of drug-likeness (QED) is 0.572. The number of rotatable bonds is 6. The van der Waals surface area contributed by atoms with Crippen LogP contribution in [0.3, 0.4) is 0 Å². The minimum Gasteiger partial charge on any atom is -0.493 e. The van der Waals surface area contributed by atoms with E-state index in [1.54, 1.807) is 18.2 Å². The molecule has 0 fully saturated rings. The second-order valence-electron chi connectivity index (χ2n) is 5.63. The van der Waals surface area contributed by atoms with E-state index in [1.165, 1.54) is 33.5 Å². The molecule has 2 aromatic carbocycles. The summed E-state index contributed by atoms with van der Waals surface area (Å²) < 4.78 is 54.2. The number of anilines is 1. The molecule has 0 saturated carbocycles. The number of nitriles is 1. The normalized spacial score (nSPS) is 11.4. The van der Waals surface area contributed by atoms with Gasteiger partial charge in [-0.3, -0.25) is 4.79 Å². The number of methoxy groups -OCH3 is 3. The molecule has 0 aliphatic rings. The molecule has 152 valence electrons. The number of alkyl halides is 3. The van der Waals surface area contributed by atoms with Gasteiger partial charge in [-0.2, -0.15) is 18.4 Å². The van der Waals surface area contributed by atoms with Crippen LogP contribution in [0.1, 0.15) is 11.1 Å². The number of hydrogen-bond donors (Lipinski definition) is 1. The van der Waals surface area contributed by atoms with E-state index in [0.29, 0.717) is 11.3 Å². The maximum Gasteiger partial charge on any atom is 0.416 e. The number of halogens is 3. The van der Waals surface area contributed by atoms with E-state index in [1.807, 2.05) is 0 Å². The number of benzene rings is 2. The summed E-state index contributed by atoms with van der Waals surface area (Å²) in [6.07, 6.45) is -3.31. The van der Waals surface area contributed by atoms with E-state index in [2.05, 4.69) is 5.32 Å². The van der Waals surface area contributed by atoms with Crippen LogP contribution in [0, 0.1) is 11.3 Å². The number of carbonyl (C=O) groups excluding carboxylic acids is 1. The highest BCUT2D eigenvalue weighted by Crippen LogP contribution is 2.40. The zero-order valence-corrected chi connectivity index (χ0v) is 15.8. The fourth-order valence-corrected chi connectivity index (χ4v) is 2.51. The van der Waals surface area contributed by atoms with Crippen molar-refractivity contribution in [2.24, 2.45) is 0 Å². The van der Waals surface area contributed by atoms with Crippen LogP contribution in [0.2, 0.25) is 0 Å². The molecule has 0 radical (unpaired) electrons.